The Labute approximate surface area is 168 Å². The number of rotatable bonds is 5. The second-order valence-corrected chi connectivity index (χ2v) is 6.94. The fraction of sp³-hybridized carbons (Fsp3) is 0.174. The molecule has 1 amide bonds. The Morgan fingerprint density at radius 2 is 1.76 bits per heavy atom. The number of aromatic nitrogens is 1. The predicted molar refractivity (Wildman–Crippen MR) is 108 cm³/mol. The largest absolute Gasteiger partial charge is 0.381 e. The summed E-state index contributed by atoms with van der Waals surface area (Å²) in [5.41, 5.74) is 3.18. The van der Waals surface area contributed by atoms with Crippen LogP contribution in [-0.2, 0) is 9.63 Å². The molecule has 1 aromatic heterocycles. The Balaban J connectivity index is 1.53. The highest BCUT2D eigenvalue weighted by Crippen LogP contribution is 2.26. The molecule has 0 saturated heterocycles. The van der Waals surface area contributed by atoms with Crippen molar-refractivity contribution < 1.29 is 14.0 Å². The van der Waals surface area contributed by atoms with E-state index in [4.69, 9.17) is 4.84 Å². The number of carbonyl (C=O) groups excluding carboxylic acids is 1. The van der Waals surface area contributed by atoms with Gasteiger partial charge in [0.1, 0.15) is 5.82 Å². The van der Waals surface area contributed by atoms with Crippen molar-refractivity contribution >= 4 is 11.6 Å². The first kappa shape index (κ1) is 18.8. The number of oxime groups is 1. The Morgan fingerprint density at radius 1 is 1.03 bits per heavy atom. The highest BCUT2D eigenvalue weighted by molar-refractivity contribution is 6.05. The lowest BCUT2D eigenvalue weighted by Gasteiger charge is -2.22. The average Bonchev–Trinajstić information content (AvgIpc) is 3.15. The van der Waals surface area contributed by atoms with Crippen LogP contribution in [0.3, 0.4) is 0 Å². The predicted octanol–water partition coefficient (Wildman–Crippen LogP) is 3.87. The van der Waals surface area contributed by atoms with Gasteiger partial charge < -0.3 is 10.2 Å². The van der Waals surface area contributed by atoms with Crippen molar-refractivity contribution in [3.05, 3.63) is 102 Å². The minimum atomic E-state index is -0.766. The van der Waals surface area contributed by atoms with Crippen LogP contribution in [0, 0.1) is 11.7 Å². The highest BCUT2D eigenvalue weighted by Gasteiger charge is 2.37. The summed E-state index contributed by atoms with van der Waals surface area (Å²) in [6, 6.07) is 19.1. The summed E-state index contributed by atoms with van der Waals surface area (Å²) in [5, 5.41) is 7.16. The molecule has 29 heavy (non-hydrogen) atoms. The van der Waals surface area contributed by atoms with Gasteiger partial charge in [-0.05, 0) is 34.9 Å². The Hall–Kier alpha value is -3.54. The molecule has 3 atom stereocenters. The molecule has 0 unspecified atom stereocenters. The second-order valence-electron chi connectivity index (χ2n) is 6.94. The molecule has 1 aliphatic rings. The van der Waals surface area contributed by atoms with Crippen LogP contribution in [0.2, 0.25) is 0 Å². The van der Waals surface area contributed by atoms with Gasteiger partial charge in [0.2, 0.25) is 6.10 Å². The van der Waals surface area contributed by atoms with Crippen molar-refractivity contribution in [2.24, 2.45) is 11.1 Å². The summed E-state index contributed by atoms with van der Waals surface area (Å²) < 4.78 is 13.2. The fourth-order valence-electron chi connectivity index (χ4n) is 3.42. The summed E-state index contributed by atoms with van der Waals surface area (Å²) in [6.45, 7) is 1.88. The molecule has 2 heterocycles. The van der Waals surface area contributed by atoms with Crippen LogP contribution in [0.1, 0.15) is 29.7 Å². The third-order valence-corrected chi connectivity index (χ3v) is 4.99. The smallest absolute Gasteiger partial charge is 0.265 e. The Bertz CT molecular complexity index is 968. The number of nitrogens with zero attached hydrogens (tertiary/aromatic N) is 2. The quantitative estimate of drug-likeness (QED) is 0.721. The minimum absolute atomic E-state index is 0.268. The standard InChI is InChI=1S/C23H20FN3O2/c1-15-20(17-9-11-19(24)12-10-17)27-29-22(15)23(28)26-21(16-6-3-2-4-7-16)18-8-5-13-25-14-18/h2-15,21-22H,1H3,(H,26,28)/t15-,21+,22-/m1/s1. The lowest BCUT2D eigenvalue weighted by Crippen LogP contribution is -2.41. The van der Waals surface area contributed by atoms with Crippen molar-refractivity contribution in [3.8, 4) is 0 Å². The first-order valence-electron chi connectivity index (χ1n) is 9.38. The van der Waals surface area contributed by atoms with Gasteiger partial charge in [-0.15, -0.1) is 0 Å². The van der Waals surface area contributed by atoms with E-state index in [0.717, 1.165) is 16.7 Å². The molecule has 0 radical (unpaired) electrons. The van der Waals surface area contributed by atoms with Crippen LogP contribution < -0.4 is 5.32 Å². The molecule has 0 saturated carbocycles. The maximum atomic E-state index is 13.2. The Morgan fingerprint density at radius 3 is 2.45 bits per heavy atom. The molecule has 1 aliphatic heterocycles. The number of amides is 1. The van der Waals surface area contributed by atoms with Crippen molar-refractivity contribution in [3.63, 3.8) is 0 Å². The van der Waals surface area contributed by atoms with Crippen LogP contribution in [0.4, 0.5) is 4.39 Å². The average molecular weight is 389 g/mol. The van der Waals surface area contributed by atoms with E-state index < -0.39 is 6.10 Å². The number of hydrogen-bond donors (Lipinski definition) is 1. The minimum Gasteiger partial charge on any atom is -0.381 e. The summed E-state index contributed by atoms with van der Waals surface area (Å²) in [7, 11) is 0. The van der Waals surface area contributed by atoms with Crippen LogP contribution >= 0.6 is 0 Å². The van der Waals surface area contributed by atoms with Gasteiger partial charge in [-0.2, -0.15) is 0 Å². The number of pyridine rings is 1. The first-order valence-corrected chi connectivity index (χ1v) is 9.38. The first-order chi connectivity index (χ1) is 14.1. The molecule has 4 rings (SSSR count). The van der Waals surface area contributed by atoms with Gasteiger partial charge in [0.25, 0.3) is 5.91 Å². The van der Waals surface area contributed by atoms with Gasteiger partial charge >= 0.3 is 0 Å². The molecule has 3 aromatic rings. The zero-order valence-electron chi connectivity index (χ0n) is 15.8. The van der Waals surface area contributed by atoms with E-state index in [0.29, 0.717) is 5.71 Å². The topological polar surface area (TPSA) is 63.6 Å². The van der Waals surface area contributed by atoms with Crippen molar-refractivity contribution in [2.75, 3.05) is 0 Å². The van der Waals surface area contributed by atoms with Crippen molar-refractivity contribution in [2.45, 2.75) is 19.1 Å². The van der Waals surface area contributed by atoms with E-state index in [1.165, 1.54) is 12.1 Å². The molecule has 6 heteroatoms. The molecule has 0 spiro atoms. The SMILES string of the molecule is C[C@@H]1C(c2ccc(F)cc2)=NO[C@H]1C(=O)N[C@@H](c1ccccc1)c1cccnc1. The molecule has 2 aromatic carbocycles. The molecule has 1 N–H and O–H groups in total. The zero-order valence-corrected chi connectivity index (χ0v) is 15.8. The summed E-state index contributed by atoms with van der Waals surface area (Å²) >= 11 is 0. The van der Waals surface area contributed by atoms with Crippen LogP contribution in [0.25, 0.3) is 0 Å². The number of hydrogen-bond acceptors (Lipinski definition) is 4. The van der Waals surface area contributed by atoms with E-state index in [-0.39, 0.29) is 23.7 Å². The lowest BCUT2D eigenvalue weighted by molar-refractivity contribution is -0.133. The molecule has 0 fully saturated rings. The molecule has 0 bridgehead atoms. The van der Waals surface area contributed by atoms with Crippen molar-refractivity contribution in [1.82, 2.24) is 10.3 Å². The normalized spacial score (nSPS) is 19.2. The zero-order chi connectivity index (χ0) is 20.2. The molecular weight excluding hydrogens is 369 g/mol. The highest BCUT2D eigenvalue weighted by atomic mass is 19.1. The van der Waals surface area contributed by atoms with E-state index in [2.05, 4.69) is 15.5 Å². The summed E-state index contributed by atoms with van der Waals surface area (Å²) in [5.74, 6) is -0.862. The third-order valence-electron chi connectivity index (χ3n) is 4.99. The number of halogens is 1. The maximum Gasteiger partial charge on any atom is 0.265 e. The molecule has 5 nitrogen and oxygen atoms in total. The molecule has 146 valence electrons. The van der Waals surface area contributed by atoms with Gasteiger partial charge in [0, 0.05) is 12.4 Å². The summed E-state index contributed by atoms with van der Waals surface area (Å²) in [4.78, 5) is 22.7. The maximum absolute atomic E-state index is 13.2. The number of benzene rings is 2. The van der Waals surface area contributed by atoms with E-state index >= 15 is 0 Å². The van der Waals surface area contributed by atoms with Crippen LogP contribution in [-0.4, -0.2) is 22.7 Å². The lowest BCUT2D eigenvalue weighted by atomic mass is 9.93. The van der Waals surface area contributed by atoms with E-state index in [1.807, 2.05) is 49.4 Å². The van der Waals surface area contributed by atoms with Gasteiger partial charge in [-0.3, -0.25) is 9.78 Å². The number of carbonyl (C=O) groups is 1. The van der Waals surface area contributed by atoms with Crippen LogP contribution in [0.15, 0.2) is 84.3 Å². The molecular formula is C23H20FN3O2. The van der Waals surface area contributed by atoms with E-state index in [1.54, 1.807) is 24.5 Å². The van der Waals surface area contributed by atoms with Gasteiger partial charge in [-0.1, -0.05) is 60.6 Å². The van der Waals surface area contributed by atoms with Crippen molar-refractivity contribution in [1.29, 1.82) is 0 Å². The van der Waals surface area contributed by atoms with E-state index in [9.17, 15) is 9.18 Å². The second kappa shape index (κ2) is 8.22. The van der Waals surface area contributed by atoms with Gasteiger partial charge in [-0.25, -0.2) is 4.39 Å². The third kappa shape index (κ3) is 4.01. The summed E-state index contributed by atoms with van der Waals surface area (Å²) in [6.07, 6.45) is 2.66. The molecule has 0 aliphatic carbocycles. The van der Waals surface area contributed by atoms with Gasteiger partial charge in [0.15, 0.2) is 0 Å². The Kier molecular flexibility index (Phi) is 5.33. The monoisotopic (exact) mass is 389 g/mol. The van der Waals surface area contributed by atoms with Crippen LogP contribution in [0.5, 0.6) is 0 Å². The fourth-order valence-corrected chi connectivity index (χ4v) is 3.42. The van der Waals surface area contributed by atoms with Gasteiger partial charge in [0.05, 0.1) is 17.7 Å². The number of nitrogens with one attached hydrogen (secondary N) is 1.